The summed E-state index contributed by atoms with van der Waals surface area (Å²) >= 11 is 1.15. The molecule has 2 amide bonds. The summed E-state index contributed by atoms with van der Waals surface area (Å²) in [5, 5.41) is 5.42. The number of benzene rings is 4. The van der Waals surface area contributed by atoms with E-state index in [-0.39, 0.29) is 75.8 Å². The van der Waals surface area contributed by atoms with Crippen LogP contribution in [0, 0.1) is 17.8 Å². The van der Waals surface area contributed by atoms with Crippen LogP contribution in [0.4, 0.5) is 0 Å². The molecule has 14 nitrogen and oxygen atoms in total. The molecule has 0 aromatic heterocycles. The molecule has 0 heterocycles. The van der Waals surface area contributed by atoms with Gasteiger partial charge in [-0.15, -0.1) is 0 Å². The van der Waals surface area contributed by atoms with E-state index in [9.17, 15) is 38.4 Å². The number of carbonyl (C=O) groups is 8. The van der Waals surface area contributed by atoms with Gasteiger partial charge in [0.05, 0.1) is 18.3 Å². The van der Waals surface area contributed by atoms with Crippen molar-refractivity contribution in [1.29, 1.82) is 0 Å². The summed E-state index contributed by atoms with van der Waals surface area (Å²) in [7, 11) is 0. The molecule has 0 aliphatic heterocycles. The molecular weight excluding hydrogens is 985 g/mol. The highest BCUT2D eigenvalue weighted by atomic mass is 32.2. The Kier molecular flexibility index (Phi) is 29.7. The number of unbranched alkanes of at least 4 members (excludes halogenated alkanes) is 8. The molecular formula is C61H78N2O12S. The van der Waals surface area contributed by atoms with E-state index in [1.54, 1.807) is 55.5 Å². The number of ether oxygens (including phenoxy) is 4. The van der Waals surface area contributed by atoms with Gasteiger partial charge in [-0.2, -0.15) is 11.8 Å². The van der Waals surface area contributed by atoms with Gasteiger partial charge in [0.2, 0.25) is 11.8 Å². The average Bonchev–Trinajstić information content (AvgIpc) is 3.43. The maximum atomic E-state index is 14.1. The molecule has 0 saturated carbocycles. The molecule has 0 aliphatic rings. The molecule has 0 spiro atoms. The van der Waals surface area contributed by atoms with Gasteiger partial charge >= 0.3 is 23.9 Å². The highest BCUT2D eigenvalue weighted by Gasteiger charge is 2.31. The molecule has 0 radical (unpaired) electrons. The molecule has 0 aliphatic carbocycles. The first-order valence-electron chi connectivity index (χ1n) is 26.8. The lowest BCUT2D eigenvalue weighted by Gasteiger charge is -2.22. The van der Waals surface area contributed by atoms with Gasteiger partial charge in [-0.05, 0) is 42.0 Å². The summed E-state index contributed by atoms with van der Waals surface area (Å²) in [6.45, 7) is 5.16. The van der Waals surface area contributed by atoms with Gasteiger partial charge in [0.25, 0.3) is 0 Å². The van der Waals surface area contributed by atoms with E-state index >= 15 is 0 Å². The molecule has 0 bridgehead atoms. The van der Waals surface area contributed by atoms with Crippen LogP contribution in [0.25, 0.3) is 0 Å². The van der Waals surface area contributed by atoms with Crippen molar-refractivity contribution < 1.29 is 57.3 Å². The van der Waals surface area contributed by atoms with E-state index in [0.717, 1.165) is 54.1 Å². The molecule has 2 N–H and O–H groups in total. The Balaban J connectivity index is 1.43. The highest BCUT2D eigenvalue weighted by molar-refractivity contribution is 7.99. The van der Waals surface area contributed by atoms with Crippen LogP contribution in [0.1, 0.15) is 139 Å². The number of hydrogen-bond donors (Lipinski definition) is 2. The minimum atomic E-state index is -1.25. The fourth-order valence-electron chi connectivity index (χ4n) is 8.12. The lowest BCUT2D eigenvalue weighted by molar-refractivity contribution is -0.155. The van der Waals surface area contributed by atoms with E-state index < -0.39 is 71.3 Å². The van der Waals surface area contributed by atoms with Crippen molar-refractivity contribution in [3.63, 3.8) is 0 Å². The van der Waals surface area contributed by atoms with Crippen LogP contribution in [0.3, 0.4) is 0 Å². The molecule has 15 heteroatoms. The number of amides is 2. The number of rotatable bonds is 38. The van der Waals surface area contributed by atoms with Crippen LogP contribution in [-0.4, -0.2) is 70.8 Å². The number of nitrogens with one attached hydrogen (secondary N) is 2. The Bertz CT molecular complexity index is 2370. The quantitative estimate of drug-likeness (QED) is 0.0244. The van der Waals surface area contributed by atoms with Crippen molar-refractivity contribution in [2.45, 2.75) is 156 Å². The topological polar surface area (TPSA) is 198 Å². The summed E-state index contributed by atoms with van der Waals surface area (Å²) in [6, 6.07) is 33.8. The van der Waals surface area contributed by atoms with E-state index in [0.29, 0.717) is 12.0 Å². The Morgan fingerprint density at radius 1 is 0.447 bits per heavy atom. The van der Waals surface area contributed by atoms with Gasteiger partial charge in [0, 0.05) is 43.1 Å². The van der Waals surface area contributed by atoms with Gasteiger partial charge in [-0.3, -0.25) is 28.8 Å². The number of esters is 4. The summed E-state index contributed by atoms with van der Waals surface area (Å²) in [5.74, 6) is -7.16. The second-order valence-corrected chi connectivity index (χ2v) is 20.4. The van der Waals surface area contributed by atoms with Crippen molar-refractivity contribution in [3.8, 4) is 0 Å². The maximum Gasteiger partial charge on any atom is 0.328 e. The second-order valence-electron chi connectivity index (χ2n) is 19.4. The van der Waals surface area contributed by atoms with E-state index in [1.165, 1.54) is 39.0 Å². The van der Waals surface area contributed by atoms with Gasteiger partial charge in [0.15, 0.2) is 0 Å². The minimum Gasteiger partial charge on any atom is -0.461 e. The lowest BCUT2D eigenvalue weighted by Crippen LogP contribution is -2.45. The molecule has 76 heavy (non-hydrogen) atoms. The Morgan fingerprint density at radius 2 is 0.882 bits per heavy atom. The first-order valence-corrected chi connectivity index (χ1v) is 28.0. The molecule has 0 saturated heterocycles. The summed E-state index contributed by atoms with van der Waals surface area (Å²) in [4.78, 5) is 108. The van der Waals surface area contributed by atoms with Crippen LogP contribution >= 0.6 is 11.8 Å². The normalized spacial score (nSPS) is 12.9. The molecule has 0 unspecified atom stereocenters. The highest BCUT2D eigenvalue weighted by Crippen LogP contribution is 2.23. The molecule has 4 rings (SSSR count). The molecule has 4 aromatic carbocycles. The van der Waals surface area contributed by atoms with Gasteiger partial charge in [0.1, 0.15) is 50.1 Å². The zero-order chi connectivity index (χ0) is 54.8. The Hall–Kier alpha value is -6.61. The zero-order valence-corrected chi connectivity index (χ0v) is 45.4. The lowest BCUT2D eigenvalue weighted by atomic mass is 9.97. The summed E-state index contributed by atoms with van der Waals surface area (Å²) < 4.78 is 22.2. The number of ketones is 2. The maximum absolute atomic E-state index is 14.1. The first-order chi connectivity index (χ1) is 36.8. The first kappa shape index (κ1) is 61.9. The van der Waals surface area contributed by atoms with Crippen molar-refractivity contribution >= 4 is 59.0 Å². The fraction of sp³-hybridized carbons (Fsp3) is 0.475. The predicted molar refractivity (Wildman–Crippen MR) is 293 cm³/mol. The van der Waals surface area contributed by atoms with Gasteiger partial charge in [-0.1, -0.05) is 187 Å². The number of carbonyl (C=O) groups excluding carboxylic acids is 8. The zero-order valence-electron chi connectivity index (χ0n) is 44.6. The fourth-order valence-corrected chi connectivity index (χ4v) is 9.35. The van der Waals surface area contributed by atoms with Gasteiger partial charge < -0.3 is 29.6 Å². The van der Waals surface area contributed by atoms with E-state index in [4.69, 9.17) is 18.9 Å². The number of hydrogen-bond acceptors (Lipinski definition) is 13. The van der Waals surface area contributed by atoms with Gasteiger partial charge in [-0.25, -0.2) is 9.59 Å². The summed E-state index contributed by atoms with van der Waals surface area (Å²) in [6.07, 6.45) is 9.35. The van der Waals surface area contributed by atoms with Crippen LogP contribution < -0.4 is 10.6 Å². The average molecular weight is 1060 g/mol. The number of thioether (sulfide) groups is 1. The third-order valence-corrected chi connectivity index (χ3v) is 14.0. The minimum absolute atomic E-state index is 0.000716. The van der Waals surface area contributed by atoms with E-state index in [2.05, 4.69) is 17.6 Å². The van der Waals surface area contributed by atoms with Crippen LogP contribution in [-0.2, 0) is 83.7 Å². The van der Waals surface area contributed by atoms with Crippen LogP contribution in [0.2, 0.25) is 0 Å². The Labute approximate surface area is 453 Å². The summed E-state index contributed by atoms with van der Waals surface area (Å²) in [5.41, 5.74) is 2.98. The smallest absolute Gasteiger partial charge is 0.328 e. The molecule has 0 fully saturated rings. The molecule has 4 aromatic rings. The standard InChI is InChI=1S/C61H78N2O12S/c1-4-5-6-7-8-9-10-11-24-33-53(64)36-45(2)57(67)63-55(61(71)75-42-50-31-22-15-23-32-50)35-34-54(65)37-51(58(68)62-46(3)59(69)73-40-48-27-18-13-19-28-48)43-76-44-52(60(70)74-41-49-29-20-14-21-30-49)38-56(66)72-39-47-25-16-12-17-26-47/h12-23,25-32,45-46,51-52,55H,4-11,24,33-44H2,1-3H3,(H,62,68)(H,63,67)/t45-,46-,51-,52+,55-/m1/s1. The SMILES string of the molecule is CCCCCCCCCCCC(=O)C[C@@H](C)C(=O)N[C@H](CCC(=O)C[C@H](CSC[C@H](CC(=O)OCc1ccccc1)C(=O)OCc1ccccc1)C(=O)N[C@H](C)C(=O)OCc1ccccc1)C(=O)OCc1ccccc1. The van der Waals surface area contributed by atoms with Crippen LogP contribution in [0.5, 0.6) is 0 Å². The predicted octanol–water partition coefficient (Wildman–Crippen LogP) is 10.6. The third-order valence-electron chi connectivity index (χ3n) is 12.7. The van der Waals surface area contributed by atoms with Crippen molar-refractivity contribution in [2.75, 3.05) is 11.5 Å². The molecule has 5 atom stereocenters. The molecule has 410 valence electrons. The second kappa shape index (κ2) is 36.4. The van der Waals surface area contributed by atoms with Crippen molar-refractivity contribution in [2.24, 2.45) is 17.8 Å². The van der Waals surface area contributed by atoms with E-state index in [1.807, 2.05) is 72.8 Å². The number of Topliss-reactive ketones (excluding diaryl/α,β-unsaturated/α-hetero) is 2. The van der Waals surface area contributed by atoms with Crippen molar-refractivity contribution in [1.82, 2.24) is 10.6 Å². The Morgan fingerprint density at radius 3 is 1.39 bits per heavy atom. The van der Waals surface area contributed by atoms with Crippen LogP contribution in [0.15, 0.2) is 121 Å². The van der Waals surface area contributed by atoms with Crippen molar-refractivity contribution in [3.05, 3.63) is 144 Å². The monoisotopic (exact) mass is 1060 g/mol. The third kappa shape index (κ3) is 25.8. The largest absolute Gasteiger partial charge is 0.461 e.